The van der Waals surface area contributed by atoms with Gasteiger partial charge in [0.15, 0.2) is 5.81 Å². The molecule has 1 aromatic carbocycles. The molecule has 1 aliphatic carbocycles. The molecule has 0 saturated heterocycles. The smallest absolute Gasteiger partial charge is 0.363 e. The standard InChI is InChI=1S/C19H25BF3N3O2/c1-11(2)18(6-5-15(8-18)25-17(20)28)16(27)26-10-13-7-14(19(21,22)23)4-3-12(13)9-24-26/h3-4,7,11,15,24H,5-6,8-10,20H2,1-2H3,(H,25,28)/t15-,18+/m1/s1. The highest BCUT2D eigenvalue weighted by atomic mass is 19.4. The first-order valence-electron chi connectivity index (χ1n) is 9.54. The highest BCUT2D eigenvalue weighted by Gasteiger charge is 2.50. The van der Waals surface area contributed by atoms with E-state index in [1.165, 1.54) is 18.9 Å². The number of hydrazine groups is 1. The first-order chi connectivity index (χ1) is 13.0. The maximum Gasteiger partial charge on any atom is 0.416 e. The summed E-state index contributed by atoms with van der Waals surface area (Å²) in [5, 5.41) is 4.35. The van der Waals surface area contributed by atoms with Crippen LogP contribution in [-0.2, 0) is 24.1 Å². The van der Waals surface area contributed by atoms with Crippen molar-refractivity contribution in [2.24, 2.45) is 11.3 Å². The van der Waals surface area contributed by atoms with Crippen LogP contribution < -0.4 is 10.7 Å². The number of nitrogens with one attached hydrogen (secondary N) is 2. The molecular formula is C19H25BF3N3O2. The highest BCUT2D eigenvalue weighted by Crippen LogP contribution is 2.46. The van der Waals surface area contributed by atoms with Crippen LogP contribution in [0.1, 0.15) is 49.8 Å². The van der Waals surface area contributed by atoms with E-state index in [1.54, 1.807) is 0 Å². The van der Waals surface area contributed by atoms with Crippen LogP contribution in [0.2, 0.25) is 0 Å². The molecule has 1 heterocycles. The van der Waals surface area contributed by atoms with Crippen molar-refractivity contribution in [2.75, 3.05) is 0 Å². The predicted molar refractivity (Wildman–Crippen MR) is 101 cm³/mol. The normalized spacial score (nSPS) is 24.9. The Bertz CT molecular complexity index is 784. The van der Waals surface area contributed by atoms with Gasteiger partial charge in [-0.3, -0.25) is 14.6 Å². The summed E-state index contributed by atoms with van der Waals surface area (Å²) in [6.07, 6.45) is -2.52. The number of benzene rings is 1. The Morgan fingerprint density at radius 3 is 2.64 bits per heavy atom. The summed E-state index contributed by atoms with van der Waals surface area (Å²) in [6, 6.07) is 3.61. The maximum atomic E-state index is 13.4. The molecular weight excluding hydrogens is 370 g/mol. The predicted octanol–water partition coefficient (Wildman–Crippen LogP) is 2.59. The van der Waals surface area contributed by atoms with E-state index in [9.17, 15) is 22.8 Å². The van der Waals surface area contributed by atoms with E-state index in [0.29, 0.717) is 31.4 Å². The van der Waals surface area contributed by atoms with Gasteiger partial charge in [-0.15, -0.1) is 0 Å². The molecule has 2 N–H and O–H groups in total. The van der Waals surface area contributed by atoms with Gasteiger partial charge in [0.05, 0.1) is 17.5 Å². The number of alkyl halides is 3. The van der Waals surface area contributed by atoms with Crippen molar-refractivity contribution in [3.05, 3.63) is 34.9 Å². The largest absolute Gasteiger partial charge is 0.416 e. The molecule has 0 radical (unpaired) electrons. The number of halogens is 3. The number of carbonyl (C=O) groups excluding carboxylic acids is 2. The Hall–Kier alpha value is -2.03. The molecule has 1 saturated carbocycles. The van der Waals surface area contributed by atoms with Gasteiger partial charge in [0.25, 0.3) is 0 Å². The number of nitrogens with zero attached hydrogens (tertiary/aromatic N) is 1. The Morgan fingerprint density at radius 2 is 2.04 bits per heavy atom. The van der Waals surface area contributed by atoms with Crippen LogP contribution in [0.25, 0.3) is 0 Å². The number of carbonyl (C=O) groups is 2. The van der Waals surface area contributed by atoms with Gasteiger partial charge >= 0.3 is 6.18 Å². The van der Waals surface area contributed by atoms with E-state index in [1.807, 2.05) is 13.8 Å². The first-order valence-corrected chi connectivity index (χ1v) is 9.54. The fraction of sp³-hybridized carbons (Fsp3) is 0.579. The van der Waals surface area contributed by atoms with Crippen LogP contribution >= 0.6 is 0 Å². The van der Waals surface area contributed by atoms with E-state index < -0.39 is 17.2 Å². The monoisotopic (exact) mass is 395 g/mol. The molecule has 0 spiro atoms. The number of hydrogen-bond acceptors (Lipinski definition) is 3. The van der Waals surface area contributed by atoms with Crippen molar-refractivity contribution in [2.45, 2.75) is 58.4 Å². The average molecular weight is 395 g/mol. The summed E-state index contributed by atoms with van der Waals surface area (Å²) in [4.78, 5) is 24.8. The van der Waals surface area contributed by atoms with Gasteiger partial charge in [-0.25, -0.2) is 5.43 Å². The Balaban J connectivity index is 1.82. The molecule has 0 aromatic heterocycles. The minimum atomic E-state index is -4.41. The van der Waals surface area contributed by atoms with Gasteiger partial charge in [-0.2, -0.15) is 13.2 Å². The molecule has 28 heavy (non-hydrogen) atoms. The molecule has 2 amide bonds. The third kappa shape index (κ3) is 3.90. The minimum Gasteiger partial charge on any atom is -0.363 e. The van der Waals surface area contributed by atoms with Crippen molar-refractivity contribution in [3.63, 3.8) is 0 Å². The second-order valence-electron chi connectivity index (χ2n) is 8.16. The lowest BCUT2D eigenvalue weighted by Gasteiger charge is -2.40. The number of fused-ring (bicyclic) bond motifs is 1. The summed E-state index contributed by atoms with van der Waals surface area (Å²) in [5.74, 6) is -0.191. The third-order valence-electron chi connectivity index (χ3n) is 6.06. The molecule has 5 nitrogen and oxygen atoms in total. The summed E-state index contributed by atoms with van der Waals surface area (Å²) in [6.45, 7) is 4.36. The molecule has 9 heteroatoms. The van der Waals surface area contributed by atoms with Crippen molar-refractivity contribution < 1.29 is 22.8 Å². The van der Waals surface area contributed by atoms with Gasteiger partial charge < -0.3 is 5.32 Å². The summed E-state index contributed by atoms with van der Waals surface area (Å²) in [7, 11) is 1.46. The van der Waals surface area contributed by atoms with Crippen LogP contribution in [-0.4, -0.2) is 30.6 Å². The first kappa shape index (κ1) is 20.7. The van der Waals surface area contributed by atoms with E-state index in [2.05, 4.69) is 10.7 Å². The van der Waals surface area contributed by atoms with Crippen molar-refractivity contribution >= 4 is 19.6 Å². The lowest BCUT2D eigenvalue weighted by atomic mass is 9.74. The number of hydrogen-bond donors (Lipinski definition) is 2. The number of rotatable bonds is 3. The second-order valence-corrected chi connectivity index (χ2v) is 8.16. The van der Waals surface area contributed by atoms with Crippen LogP contribution in [0.15, 0.2) is 18.2 Å². The van der Waals surface area contributed by atoms with Gasteiger partial charge in [0.2, 0.25) is 13.8 Å². The van der Waals surface area contributed by atoms with Gasteiger partial charge in [0, 0.05) is 12.6 Å². The Morgan fingerprint density at radius 1 is 1.32 bits per heavy atom. The zero-order chi connectivity index (χ0) is 20.7. The SMILES string of the molecule is BC(=O)N[C@@H]1CC[C@@](C(=O)N2Cc3cc(C(F)(F)F)ccc3CN2)(C(C)C)C1. The van der Waals surface area contributed by atoms with E-state index in [4.69, 9.17) is 0 Å². The van der Waals surface area contributed by atoms with Crippen molar-refractivity contribution in [1.82, 2.24) is 15.8 Å². The van der Waals surface area contributed by atoms with Crippen molar-refractivity contribution in [3.8, 4) is 0 Å². The maximum absolute atomic E-state index is 13.4. The summed E-state index contributed by atoms with van der Waals surface area (Å²) in [5.41, 5.74) is 2.99. The minimum absolute atomic E-state index is 0.0449. The highest BCUT2D eigenvalue weighted by molar-refractivity contribution is 6.57. The molecule has 0 unspecified atom stereocenters. The topological polar surface area (TPSA) is 61.4 Å². The molecule has 0 bridgehead atoms. The van der Waals surface area contributed by atoms with Crippen LogP contribution in [0.5, 0.6) is 0 Å². The average Bonchev–Trinajstić information content (AvgIpc) is 3.03. The fourth-order valence-electron chi connectivity index (χ4n) is 4.39. The molecule has 2 aliphatic rings. The molecule has 1 fully saturated rings. The Kier molecular flexibility index (Phi) is 5.49. The third-order valence-corrected chi connectivity index (χ3v) is 6.06. The number of amides is 2. The zero-order valence-corrected chi connectivity index (χ0v) is 16.3. The zero-order valence-electron chi connectivity index (χ0n) is 16.3. The van der Waals surface area contributed by atoms with Crippen LogP contribution in [0.4, 0.5) is 18.0 Å². The quantitative estimate of drug-likeness (QED) is 0.774. The van der Waals surface area contributed by atoms with Crippen molar-refractivity contribution in [1.29, 1.82) is 0 Å². The molecule has 3 rings (SSSR count). The van der Waals surface area contributed by atoms with Gasteiger partial charge in [-0.05, 0) is 48.4 Å². The molecule has 152 valence electrons. The fourth-order valence-corrected chi connectivity index (χ4v) is 4.39. The van der Waals surface area contributed by atoms with Gasteiger partial charge in [0.1, 0.15) is 0 Å². The molecule has 1 aromatic rings. The molecule has 2 atom stereocenters. The second kappa shape index (κ2) is 7.42. The Labute approximate surface area is 163 Å². The van der Waals surface area contributed by atoms with Gasteiger partial charge in [-0.1, -0.05) is 19.9 Å². The van der Waals surface area contributed by atoms with Crippen LogP contribution in [0.3, 0.4) is 0 Å². The molecule has 1 aliphatic heterocycles. The summed E-state index contributed by atoms with van der Waals surface area (Å²) >= 11 is 0. The summed E-state index contributed by atoms with van der Waals surface area (Å²) < 4.78 is 39.1. The lowest BCUT2D eigenvalue weighted by Crippen LogP contribution is -2.53. The van der Waals surface area contributed by atoms with Crippen LogP contribution in [0, 0.1) is 11.3 Å². The van der Waals surface area contributed by atoms with E-state index in [0.717, 1.165) is 17.7 Å². The lowest BCUT2D eigenvalue weighted by molar-refractivity contribution is -0.150. The van der Waals surface area contributed by atoms with E-state index >= 15 is 0 Å². The van der Waals surface area contributed by atoms with E-state index in [-0.39, 0.29) is 30.2 Å².